The number of pyridine rings is 1. The van der Waals surface area contributed by atoms with Crippen molar-refractivity contribution in [2.24, 2.45) is 0 Å². The summed E-state index contributed by atoms with van der Waals surface area (Å²) >= 11 is 1.68. The third kappa shape index (κ3) is 2.12. The van der Waals surface area contributed by atoms with Gasteiger partial charge in [-0.2, -0.15) is 0 Å². The fourth-order valence-corrected chi connectivity index (χ4v) is 3.65. The van der Waals surface area contributed by atoms with Crippen LogP contribution in [0.5, 0.6) is 0 Å². The first-order valence-corrected chi connectivity index (χ1v) is 8.06. The van der Waals surface area contributed by atoms with Crippen molar-refractivity contribution in [1.29, 1.82) is 0 Å². The number of nitrogens with one attached hydrogen (secondary N) is 1. The standard InChI is InChI=1S/C18H15N3S/c1-11-8-14-16(12(2)20-17(14)19-9-11)18-21-15(10-22-18)13-6-4-3-5-7-13/h3-10H,1-2H3,(H,19,20). The number of H-pyrrole nitrogens is 1. The van der Waals surface area contributed by atoms with Crippen LogP contribution in [-0.4, -0.2) is 15.0 Å². The summed E-state index contributed by atoms with van der Waals surface area (Å²) in [6.07, 6.45) is 1.89. The maximum absolute atomic E-state index is 4.83. The van der Waals surface area contributed by atoms with E-state index in [2.05, 4.69) is 47.4 Å². The van der Waals surface area contributed by atoms with Gasteiger partial charge in [0, 0.05) is 33.8 Å². The lowest BCUT2D eigenvalue weighted by Crippen LogP contribution is -1.81. The van der Waals surface area contributed by atoms with Crippen molar-refractivity contribution in [1.82, 2.24) is 15.0 Å². The largest absolute Gasteiger partial charge is 0.343 e. The first-order valence-electron chi connectivity index (χ1n) is 7.18. The molecule has 108 valence electrons. The van der Waals surface area contributed by atoms with Crippen LogP contribution in [0.2, 0.25) is 0 Å². The molecular formula is C18H15N3S. The van der Waals surface area contributed by atoms with Crippen LogP contribution in [0, 0.1) is 13.8 Å². The Morgan fingerprint density at radius 2 is 1.91 bits per heavy atom. The fraction of sp³-hybridized carbons (Fsp3) is 0.111. The summed E-state index contributed by atoms with van der Waals surface area (Å²) in [5.74, 6) is 0. The fourth-order valence-electron chi connectivity index (χ4n) is 2.71. The summed E-state index contributed by atoms with van der Waals surface area (Å²) < 4.78 is 0. The summed E-state index contributed by atoms with van der Waals surface area (Å²) in [6, 6.07) is 12.5. The van der Waals surface area contributed by atoms with E-state index in [0.717, 1.165) is 38.6 Å². The van der Waals surface area contributed by atoms with Crippen LogP contribution in [0.1, 0.15) is 11.3 Å². The van der Waals surface area contributed by atoms with Gasteiger partial charge in [0.25, 0.3) is 0 Å². The Kier molecular flexibility index (Phi) is 3.05. The Bertz CT molecular complexity index is 951. The summed E-state index contributed by atoms with van der Waals surface area (Å²) in [6.45, 7) is 4.14. The van der Waals surface area contributed by atoms with Crippen molar-refractivity contribution in [2.75, 3.05) is 0 Å². The van der Waals surface area contributed by atoms with Crippen LogP contribution in [-0.2, 0) is 0 Å². The maximum Gasteiger partial charge on any atom is 0.138 e. The van der Waals surface area contributed by atoms with E-state index in [4.69, 9.17) is 4.98 Å². The van der Waals surface area contributed by atoms with Crippen LogP contribution in [0.15, 0.2) is 48.0 Å². The number of aromatic nitrogens is 3. The molecule has 4 aromatic rings. The van der Waals surface area contributed by atoms with E-state index in [1.54, 1.807) is 11.3 Å². The lowest BCUT2D eigenvalue weighted by molar-refractivity contribution is 1.23. The second kappa shape index (κ2) is 5.07. The van der Waals surface area contributed by atoms with Gasteiger partial charge in [0.05, 0.1) is 5.69 Å². The normalized spacial score (nSPS) is 11.2. The highest BCUT2D eigenvalue weighted by Crippen LogP contribution is 2.35. The predicted molar refractivity (Wildman–Crippen MR) is 92.1 cm³/mol. The number of aryl methyl sites for hydroxylation is 2. The quantitative estimate of drug-likeness (QED) is 0.568. The van der Waals surface area contributed by atoms with E-state index < -0.39 is 0 Å². The number of nitrogens with zero attached hydrogens (tertiary/aromatic N) is 2. The molecule has 3 heterocycles. The van der Waals surface area contributed by atoms with Crippen LogP contribution < -0.4 is 0 Å². The van der Waals surface area contributed by atoms with Gasteiger partial charge in [0.2, 0.25) is 0 Å². The number of benzene rings is 1. The van der Waals surface area contributed by atoms with Gasteiger partial charge in [-0.1, -0.05) is 30.3 Å². The highest BCUT2D eigenvalue weighted by atomic mass is 32.1. The van der Waals surface area contributed by atoms with Gasteiger partial charge >= 0.3 is 0 Å². The molecule has 0 unspecified atom stereocenters. The molecule has 1 aromatic carbocycles. The molecular weight excluding hydrogens is 290 g/mol. The summed E-state index contributed by atoms with van der Waals surface area (Å²) in [5.41, 5.74) is 6.54. The van der Waals surface area contributed by atoms with Gasteiger partial charge < -0.3 is 4.98 Å². The Hall–Kier alpha value is -2.46. The summed E-state index contributed by atoms with van der Waals surface area (Å²) in [5, 5.41) is 4.30. The average molecular weight is 305 g/mol. The molecule has 0 atom stereocenters. The zero-order valence-electron chi connectivity index (χ0n) is 12.4. The molecule has 0 aliphatic carbocycles. The molecule has 0 amide bonds. The minimum atomic E-state index is 0.926. The highest BCUT2D eigenvalue weighted by Gasteiger charge is 2.15. The Balaban J connectivity index is 1.88. The SMILES string of the molecule is Cc1cnc2[nH]c(C)c(-c3nc(-c4ccccc4)cs3)c2c1. The molecule has 1 N–H and O–H groups in total. The number of thiazole rings is 1. The van der Waals surface area contributed by atoms with Crippen molar-refractivity contribution >= 4 is 22.4 Å². The lowest BCUT2D eigenvalue weighted by Gasteiger charge is -1.98. The van der Waals surface area contributed by atoms with Gasteiger partial charge in [0.1, 0.15) is 10.7 Å². The molecule has 22 heavy (non-hydrogen) atoms. The van der Waals surface area contributed by atoms with E-state index in [1.807, 2.05) is 24.4 Å². The Labute approximate surface area is 132 Å². The first kappa shape index (κ1) is 13.2. The molecule has 0 aliphatic heterocycles. The smallest absolute Gasteiger partial charge is 0.138 e. The monoisotopic (exact) mass is 305 g/mol. The molecule has 0 aliphatic rings. The first-order chi connectivity index (χ1) is 10.7. The third-order valence-corrected chi connectivity index (χ3v) is 4.62. The molecule has 0 spiro atoms. The minimum absolute atomic E-state index is 0.926. The third-order valence-electron chi connectivity index (χ3n) is 3.76. The van der Waals surface area contributed by atoms with Gasteiger partial charge in [-0.3, -0.25) is 0 Å². The minimum Gasteiger partial charge on any atom is -0.343 e. The summed E-state index contributed by atoms with van der Waals surface area (Å²) in [7, 11) is 0. The molecule has 0 saturated heterocycles. The van der Waals surface area contributed by atoms with Crippen LogP contribution in [0.4, 0.5) is 0 Å². The molecule has 0 radical (unpaired) electrons. The molecule has 3 aromatic heterocycles. The zero-order valence-corrected chi connectivity index (χ0v) is 13.2. The van der Waals surface area contributed by atoms with Crippen LogP contribution >= 0.6 is 11.3 Å². The van der Waals surface area contributed by atoms with Crippen LogP contribution in [0.3, 0.4) is 0 Å². The molecule has 0 fully saturated rings. The molecule has 3 nitrogen and oxygen atoms in total. The highest BCUT2D eigenvalue weighted by molar-refractivity contribution is 7.13. The lowest BCUT2D eigenvalue weighted by atomic mass is 10.1. The van der Waals surface area contributed by atoms with E-state index in [9.17, 15) is 0 Å². The van der Waals surface area contributed by atoms with Crippen molar-refractivity contribution in [2.45, 2.75) is 13.8 Å². The Morgan fingerprint density at radius 1 is 1.09 bits per heavy atom. The Morgan fingerprint density at radius 3 is 2.73 bits per heavy atom. The number of rotatable bonds is 2. The topological polar surface area (TPSA) is 41.6 Å². The van der Waals surface area contributed by atoms with E-state index in [-0.39, 0.29) is 0 Å². The molecule has 0 bridgehead atoms. The second-order valence-corrected chi connectivity index (χ2v) is 6.30. The van der Waals surface area contributed by atoms with Crippen molar-refractivity contribution in [3.8, 4) is 21.8 Å². The number of hydrogen-bond acceptors (Lipinski definition) is 3. The number of aromatic amines is 1. The number of hydrogen-bond donors (Lipinski definition) is 1. The van der Waals surface area contributed by atoms with Crippen LogP contribution in [0.25, 0.3) is 32.9 Å². The molecule has 4 heteroatoms. The van der Waals surface area contributed by atoms with Gasteiger partial charge in [-0.25, -0.2) is 9.97 Å². The van der Waals surface area contributed by atoms with E-state index >= 15 is 0 Å². The van der Waals surface area contributed by atoms with Gasteiger partial charge in [0.15, 0.2) is 0 Å². The van der Waals surface area contributed by atoms with Gasteiger partial charge in [-0.05, 0) is 25.5 Å². The zero-order chi connectivity index (χ0) is 15.1. The second-order valence-electron chi connectivity index (χ2n) is 5.44. The van der Waals surface area contributed by atoms with Crippen molar-refractivity contribution in [3.05, 3.63) is 59.2 Å². The predicted octanol–water partition coefficient (Wildman–Crippen LogP) is 4.97. The molecule has 0 saturated carbocycles. The molecule has 4 rings (SSSR count). The number of fused-ring (bicyclic) bond motifs is 1. The van der Waals surface area contributed by atoms with Gasteiger partial charge in [-0.15, -0.1) is 11.3 Å². The van der Waals surface area contributed by atoms with Crippen molar-refractivity contribution < 1.29 is 0 Å². The maximum atomic E-state index is 4.83. The summed E-state index contributed by atoms with van der Waals surface area (Å²) in [4.78, 5) is 12.7. The van der Waals surface area contributed by atoms with E-state index in [0.29, 0.717) is 0 Å². The van der Waals surface area contributed by atoms with E-state index in [1.165, 1.54) is 5.56 Å². The average Bonchev–Trinajstić information content (AvgIpc) is 3.11. The van der Waals surface area contributed by atoms with Crippen molar-refractivity contribution in [3.63, 3.8) is 0 Å².